The normalized spacial score (nSPS) is 45.6. The van der Waals surface area contributed by atoms with Crippen molar-refractivity contribution in [2.45, 2.75) is 52.4 Å². The van der Waals surface area contributed by atoms with E-state index in [9.17, 15) is 4.79 Å². The Morgan fingerprint density at radius 2 is 1.95 bits per heavy atom. The lowest BCUT2D eigenvalue weighted by Gasteiger charge is -2.64. The molecule has 4 nitrogen and oxygen atoms in total. The number of hydrogen-bond acceptors (Lipinski definition) is 4. The predicted molar refractivity (Wildman–Crippen MR) is 78.4 cm³/mol. The van der Waals surface area contributed by atoms with Crippen LogP contribution in [0.15, 0.2) is 5.51 Å². The first-order valence-corrected chi connectivity index (χ1v) is 8.36. The smallest absolute Gasteiger partial charge is 0.232 e. The maximum atomic E-state index is 12.9. The second-order valence-corrected chi connectivity index (χ2v) is 8.94. The van der Waals surface area contributed by atoms with Crippen LogP contribution in [0.25, 0.3) is 0 Å². The number of carbonyl (C=O) groups is 1. The van der Waals surface area contributed by atoms with Gasteiger partial charge in [-0.1, -0.05) is 25.2 Å². The Morgan fingerprint density at radius 3 is 2.50 bits per heavy atom. The van der Waals surface area contributed by atoms with Crippen LogP contribution in [0.3, 0.4) is 0 Å². The predicted octanol–water partition coefficient (Wildman–Crippen LogP) is 3.47. The van der Waals surface area contributed by atoms with Crippen molar-refractivity contribution in [2.75, 3.05) is 5.32 Å². The van der Waals surface area contributed by atoms with Gasteiger partial charge in [0.1, 0.15) is 5.51 Å². The van der Waals surface area contributed by atoms with Crippen LogP contribution in [0, 0.1) is 22.2 Å². The van der Waals surface area contributed by atoms with Gasteiger partial charge in [0, 0.05) is 0 Å². The zero-order valence-electron chi connectivity index (χ0n) is 12.1. The molecule has 4 aliphatic rings. The van der Waals surface area contributed by atoms with Crippen molar-refractivity contribution >= 4 is 22.4 Å². The average molecular weight is 291 g/mol. The van der Waals surface area contributed by atoms with Crippen LogP contribution in [0.5, 0.6) is 0 Å². The van der Waals surface area contributed by atoms with Gasteiger partial charge in [0.2, 0.25) is 11.0 Å². The molecule has 0 aliphatic heterocycles. The number of anilines is 1. The van der Waals surface area contributed by atoms with Gasteiger partial charge < -0.3 is 5.32 Å². The number of nitrogens with one attached hydrogen (secondary N) is 1. The Kier molecular flexibility index (Phi) is 2.43. The summed E-state index contributed by atoms with van der Waals surface area (Å²) in [7, 11) is 0. The van der Waals surface area contributed by atoms with E-state index >= 15 is 0 Å². The molecule has 4 saturated carbocycles. The minimum Gasteiger partial charge on any atom is -0.300 e. The van der Waals surface area contributed by atoms with Gasteiger partial charge in [0.05, 0.1) is 5.41 Å². The largest absolute Gasteiger partial charge is 0.300 e. The minimum atomic E-state index is -0.158. The van der Waals surface area contributed by atoms with Crippen molar-refractivity contribution in [2.24, 2.45) is 22.2 Å². The molecule has 0 unspecified atom stereocenters. The second-order valence-electron chi connectivity index (χ2n) is 8.11. The van der Waals surface area contributed by atoms with E-state index in [4.69, 9.17) is 0 Å². The van der Waals surface area contributed by atoms with E-state index in [0.717, 1.165) is 25.2 Å². The van der Waals surface area contributed by atoms with E-state index in [1.807, 2.05) is 0 Å². The summed E-state index contributed by atoms with van der Waals surface area (Å²) in [6.45, 7) is 4.78. The van der Waals surface area contributed by atoms with Gasteiger partial charge >= 0.3 is 0 Å². The van der Waals surface area contributed by atoms with Gasteiger partial charge in [-0.05, 0) is 55.3 Å². The van der Waals surface area contributed by atoms with Gasteiger partial charge in [-0.25, -0.2) is 0 Å². The lowest BCUT2D eigenvalue weighted by atomic mass is 9.40. The number of nitrogens with zero attached hydrogens (tertiary/aromatic N) is 2. The van der Waals surface area contributed by atoms with Crippen LogP contribution < -0.4 is 5.32 Å². The third-order valence-corrected chi connectivity index (χ3v) is 6.30. The van der Waals surface area contributed by atoms with Crippen LogP contribution >= 0.6 is 11.3 Å². The third-order valence-electron chi connectivity index (χ3n) is 5.69. The van der Waals surface area contributed by atoms with Crippen LogP contribution in [0.4, 0.5) is 5.13 Å². The summed E-state index contributed by atoms with van der Waals surface area (Å²) < 4.78 is 0. The van der Waals surface area contributed by atoms with E-state index in [2.05, 4.69) is 29.4 Å². The Morgan fingerprint density at radius 1 is 1.25 bits per heavy atom. The zero-order chi connectivity index (χ0) is 14.0. The number of carbonyl (C=O) groups excluding carboxylic acids is 1. The van der Waals surface area contributed by atoms with Crippen molar-refractivity contribution in [1.82, 2.24) is 10.2 Å². The highest BCUT2D eigenvalue weighted by molar-refractivity contribution is 7.13. The van der Waals surface area contributed by atoms with Gasteiger partial charge in [-0.3, -0.25) is 4.79 Å². The summed E-state index contributed by atoms with van der Waals surface area (Å²) >= 11 is 1.40. The van der Waals surface area contributed by atoms with Crippen LogP contribution in [-0.2, 0) is 4.79 Å². The molecule has 1 amide bonds. The molecule has 1 aromatic rings. The summed E-state index contributed by atoms with van der Waals surface area (Å²) in [5, 5.41) is 11.4. The third kappa shape index (κ3) is 1.82. The van der Waals surface area contributed by atoms with E-state index in [1.54, 1.807) is 5.51 Å². The highest BCUT2D eigenvalue weighted by atomic mass is 32.1. The molecule has 1 N–H and O–H groups in total. The first-order valence-electron chi connectivity index (χ1n) is 7.48. The number of aromatic nitrogens is 2. The summed E-state index contributed by atoms with van der Waals surface area (Å²) in [6, 6.07) is 0. The molecule has 4 bridgehead atoms. The monoisotopic (exact) mass is 291 g/mol. The van der Waals surface area contributed by atoms with Gasteiger partial charge in [-0.2, -0.15) is 0 Å². The highest BCUT2D eigenvalue weighted by Gasteiger charge is 2.62. The Labute approximate surface area is 123 Å². The zero-order valence-corrected chi connectivity index (χ0v) is 12.9. The van der Waals surface area contributed by atoms with Crippen LogP contribution in [-0.4, -0.2) is 16.1 Å². The maximum absolute atomic E-state index is 12.9. The summed E-state index contributed by atoms with van der Waals surface area (Å²) in [4.78, 5) is 12.9. The Bertz CT molecular complexity index is 537. The number of rotatable bonds is 2. The topological polar surface area (TPSA) is 54.9 Å². The van der Waals surface area contributed by atoms with Crippen molar-refractivity contribution in [3.05, 3.63) is 5.51 Å². The standard InChI is InChI=1S/C15H21N3OS/c1-13-3-10-4-14(2,6-13)8-15(5-10,7-13)11(19)17-12-18-16-9-20-12/h9-10H,3-8H2,1-2H3,(H,17,18,19)/t10?,13-,14-,15?/m1/s1. The molecule has 0 aromatic carbocycles. The summed E-state index contributed by atoms with van der Waals surface area (Å²) in [5.74, 6) is 0.928. The molecular formula is C15H21N3OS. The Balaban J connectivity index is 1.65. The number of amides is 1. The first-order chi connectivity index (χ1) is 9.41. The maximum Gasteiger partial charge on any atom is 0.232 e. The quantitative estimate of drug-likeness (QED) is 0.907. The molecule has 4 fully saturated rings. The van der Waals surface area contributed by atoms with Crippen LogP contribution in [0.1, 0.15) is 52.4 Å². The average Bonchev–Trinajstić information content (AvgIpc) is 2.76. The fourth-order valence-electron chi connectivity index (χ4n) is 6.16. The van der Waals surface area contributed by atoms with Crippen LogP contribution in [0.2, 0.25) is 0 Å². The fourth-order valence-corrected chi connectivity index (χ4v) is 6.60. The molecule has 4 aliphatic carbocycles. The molecular weight excluding hydrogens is 270 g/mol. The SMILES string of the molecule is C[C@]12CC3CC(C(=O)Nc4nncs4)(C1)C[C@](C)(C3)C2. The molecule has 1 aromatic heterocycles. The fraction of sp³-hybridized carbons (Fsp3) is 0.800. The molecule has 0 saturated heterocycles. The van der Waals surface area contributed by atoms with Gasteiger partial charge in [0.25, 0.3) is 0 Å². The summed E-state index contributed by atoms with van der Waals surface area (Å²) in [6.07, 6.45) is 7.10. The van der Waals surface area contributed by atoms with E-state index in [-0.39, 0.29) is 11.3 Å². The Hall–Kier alpha value is -0.970. The second kappa shape index (κ2) is 3.81. The molecule has 0 radical (unpaired) electrons. The molecule has 0 spiro atoms. The van der Waals surface area contributed by atoms with Crippen molar-refractivity contribution in [1.29, 1.82) is 0 Å². The van der Waals surface area contributed by atoms with Gasteiger partial charge in [-0.15, -0.1) is 10.2 Å². The lowest BCUT2D eigenvalue weighted by molar-refractivity contribution is -0.165. The van der Waals surface area contributed by atoms with E-state index in [0.29, 0.717) is 16.0 Å². The molecule has 1 heterocycles. The first kappa shape index (κ1) is 12.7. The lowest BCUT2D eigenvalue weighted by Crippen LogP contribution is -2.58. The minimum absolute atomic E-state index is 0.158. The molecule has 2 atom stereocenters. The molecule has 5 rings (SSSR count). The van der Waals surface area contributed by atoms with Gasteiger partial charge in [0.15, 0.2) is 0 Å². The molecule has 20 heavy (non-hydrogen) atoms. The highest BCUT2D eigenvalue weighted by Crippen LogP contribution is 2.69. The van der Waals surface area contributed by atoms with E-state index in [1.165, 1.54) is 30.6 Å². The molecule has 108 valence electrons. The van der Waals surface area contributed by atoms with Crippen molar-refractivity contribution < 1.29 is 4.79 Å². The van der Waals surface area contributed by atoms with Crippen molar-refractivity contribution in [3.63, 3.8) is 0 Å². The number of hydrogen-bond donors (Lipinski definition) is 1. The van der Waals surface area contributed by atoms with Crippen molar-refractivity contribution in [3.8, 4) is 0 Å². The molecule has 5 heteroatoms. The van der Waals surface area contributed by atoms with E-state index < -0.39 is 0 Å². The summed E-state index contributed by atoms with van der Waals surface area (Å²) in [5.41, 5.74) is 2.24.